The third-order valence-corrected chi connectivity index (χ3v) is 2.69. The van der Waals surface area contributed by atoms with Crippen molar-refractivity contribution >= 4 is 5.91 Å². The number of hydrogen-bond donors (Lipinski definition) is 1. The molecule has 0 aliphatic carbocycles. The molecule has 1 amide bonds. The van der Waals surface area contributed by atoms with Crippen molar-refractivity contribution in [1.82, 2.24) is 5.32 Å². The lowest BCUT2D eigenvalue weighted by atomic mass is 10.2. The van der Waals surface area contributed by atoms with Gasteiger partial charge in [-0.05, 0) is 31.2 Å². The number of carbonyl (C=O) groups excluding carboxylic acids is 1. The summed E-state index contributed by atoms with van der Waals surface area (Å²) in [6.07, 6.45) is 2.18. The second-order valence-corrected chi connectivity index (χ2v) is 4.47. The first-order chi connectivity index (χ1) is 9.65. The molecule has 0 aliphatic heterocycles. The molecule has 20 heavy (non-hydrogen) atoms. The van der Waals surface area contributed by atoms with Gasteiger partial charge in [0.25, 0.3) is 5.91 Å². The van der Waals surface area contributed by atoms with Gasteiger partial charge in [0.15, 0.2) is 18.2 Å². The molecule has 2 rings (SSSR count). The molecule has 4 nitrogen and oxygen atoms in total. The fourth-order valence-corrected chi connectivity index (χ4v) is 1.80. The molecule has 0 saturated carbocycles. The predicted molar refractivity (Wildman–Crippen MR) is 71.9 cm³/mol. The summed E-state index contributed by atoms with van der Waals surface area (Å²) in [6.45, 7) is 1.65. The average molecular weight is 277 g/mol. The van der Waals surface area contributed by atoms with Gasteiger partial charge in [0, 0.05) is 12.5 Å². The molecule has 0 aliphatic rings. The minimum absolute atomic E-state index is 0.0707. The van der Waals surface area contributed by atoms with Gasteiger partial charge in [0.05, 0.1) is 6.26 Å². The Morgan fingerprint density at radius 2 is 2.15 bits per heavy atom. The zero-order chi connectivity index (χ0) is 14.4. The number of amides is 1. The number of rotatable bonds is 6. The number of furan rings is 1. The topological polar surface area (TPSA) is 51.5 Å². The lowest BCUT2D eigenvalue weighted by molar-refractivity contribution is -0.123. The third-order valence-electron chi connectivity index (χ3n) is 2.69. The zero-order valence-corrected chi connectivity index (χ0v) is 11.1. The molecule has 5 heteroatoms. The van der Waals surface area contributed by atoms with Crippen LogP contribution in [0.25, 0.3) is 0 Å². The normalized spacial score (nSPS) is 11.9. The predicted octanol–water partition coefficient (Wildman–Crippen LogP) is 2.54. The Bertz CT molecular complexity index is 554. The van der Waals surface area contributed by atoms with Gasteiger partial charge in [0.2, 0.25) is 0 Å². The van der Waals surface area contributed by atoms with E-state index in [1.165, 1.54) is 12.1 Å². The Labute approximate surface area is 116 Å². The largest absolute Gasteiger partial charge is 0.481 e. The third kappa shape index (κ3) is 4.12. The molecule has 0 saturated heterocycles. The highest BCUT2D eigenvalue weighted by atomic mass is 19.1. The van der Waals surface area contributed by atoms with Crippen LogP contribution >= 0.6 is 0 Å². The molecule has 0 radical (unpaired) electrons. The number of halogens is 1. The number of benzene rings is 1. The van der Waals surface area contributed by atoms with Crippen LogP contribution in [0.1, 0.15) is 12.7 Å². The van der Waals surface area contributed by atoms with Crippen molar-refractivity contribution < 1.29 is 18.3 Å². The average Bonchev–Trinajstić information content (AvgIpc) is 2.90. The van der Waals surface area contributed by atoms with E-state index in [-0.39, 0.29) is 24.3 Å². The van der Waals surface area contributed by atoms with Crippen molar-refractivity contribution in [3.8, 4) is 5.75 Å². The quantitative estimate of drug-likeness (QED) is 0.882. The minimum atomic E-state index is -0.482. The van der Waals surface area contributed by atoms with Gasteiger partial charge < -0.3 is 14.5 Å². The van der Waals surface area contributed by atoms with Gasteiger partial charge in [-0.2, -0.15) is 0 Å². The van der Waals surface area contributed by atoms with Crippen molar-refractivity contribution in [1.29, 1.82) is 0 Å². The van der Waals surface area contributed by atoms with E-state index in [1.807, 2.05) is 13.0 Å². The summed E-state index contributed by atoms with van der Waals surface area (Å²) in [5, 5.41) is 2.76. The smallest absolute Gasteiger partial charge is 0.258 e. The highest BCUT2D eigenvalue weighted by Gasteiger charge is 2.11. The minimum Gasteiger partial charge on any atom is -0.481 e. The van der Waals surface area contributed by atoms with Gasteiger partial charge >= 0.3 is 0 Å². The van der Waals surface area contributed by atoms with Crippen molar-refractivity contribution in [3.05, 3.63) is 54.2 Å². The maximum absolute atomic E-state index is 13.3. The highest BCUT2D eigenvalue weighted by molar-refractivity contribution is 5.77. The van der Waals surface area contributed by atoms with E-state index in [9.17, 15) is 9.18 Å². The zero-order valence-electron chi connectivity index (χ0n) is 11.1. The van der Waals surface area contributed by atoms with Crippen LogP contribution in [-0.2, 0) is 11.2 Å². The number of carbonyl (C=O) groups is 1. The molecule has 0 fully saturated rings. The lowest BCUT2D eigenvalue weighted by Gasteiger charge is -2.13. The number of ether oxygens (including phenoxy) is 1. The standard InChI is InChI=1S/C15H16FNO3/c1-11(9-12-5-4-8-19-12)17-15(18)10-20-14-7-3-2-6-13(14)16/h2-8,11H,9-10H2,1H3,(H,17,18). The molecule has 1 unspecified atom stereocenters. The fraction of sp³-hybridized carbons (Fsp3) is 0.267. The van der Waals surface area contributed by atoms with Crippen LogP contribution in [0.5, 0.6) is 5.75 Å². The molecule has 1 aromatic heterocycles. The Kier molecular flexibility index (Phi) is 4.76. The van der Waals surface area contributed by atoms with E-state index in [1.54, 1.807) is 24.5 Å². The van der Waals surface area contributed by atoms with E-state index in [0.29, 0.717) is 6.42 Å². The van der Waals surface area contributed by atoms with Crippen molar-refractivity contribution in [2.45, 2.75) is 19.4 Å². The van der Waals surface area contributed by atoms with Gasteiger partial charge in [-0.15, -0.1) is 0 Å². The molecule has 1 aromatic carbocycles. The summed E-state index contributed by atoms with van der Waals surface area (Å²) in [6, 6.07) is 9.53. The van der Waals surface area contributed by atoms with Crippen molar-refractivity contribution in [2.75, 3.05) is 6.61 Å². The highest BCUT2D eigenvalue weighted by Crippen LogP contribution is 2.14. The Morgan fingerprint density at radius 1 is 1.35 bits per heavy atom. The van der Waals surface area contributed by atoms with E-state index in [2.05, 4.69) is 5.32 Å². The van der Waals surface area contributed by atoms with Gasteiger partial charge in [0.1, 0.15) is 5.76 Å². The van der Waals surface area contributed by atoms with Crippen LogP contribution < -0.4 is 10.1 Å². The maximum Gasteiger partial charge on any atom is 0.258 e. The molecule has 1 atom stereocenters. The van der Waals surface area contributed by atoms with Crippen LogP contribution in [0.3, 0.4) is 0 Å². The molecular formula is C15H16FNO3. The van der Waals surface area contributed by atoms with Crippen LogP contribution in [0.15, 0.2) is 47.1 Å². The van der Waals surface area contributed by atoms with Crippen LogP contribution in [0, 0.1) is 5.82 Å². The lowest BCUT2D eigenvalue weighted by Crippen LogP contribution is -2.37. The second-order valence-electron chi connectivity index (χ2n) is 4.47. The Balaban J connectivity index is 1.76. The summed E-state index contributed by atoms with van der Waals surface area (Å²) in [7, 11) is 0. The maximum atomic E-state index is 13.3. The molecule has 106 valence electrons. The number of hydrogen-bond acceptors (Lipinski definition) is 3. The second kappa shape index (κ2) is 6.75. The number of para-hydroxylation sites is 1. The van der Waals surface area contributed by atoms with E-state index < -0.39 is 5.82 Å². The Hall–Kier alpha value is -2.30. The summed E-state index contributed by atoms with van der Waals surface area (Å²) in [5.41, 5.74) is 0. The van der Waals surface area contributed by atoms with Gasteiger partial charge in [-0.3, -0.25) is 4.79 Å². The molecule has 1 heterocycles. The van der Waals surface area contributed by atoms with E-state index in [4.69, 9.17) is 9.15 Å². The van der Waals surface area contributed by atoms with Crippen molar-refractivity contribution in [3.63, 3.8) is 0 Å². The SMILES string of the molecule is CC(Cc1ccco1)NC(=O)COc1ccccc1F. The molecular weight excluding hydrogens is 261 g/mol. The van der Waals surface area contributed by atoms with Gasteiger partial charge in [-0.1, -0.05) is 12.1 Å². The van der Waals surface area contributed by atoms with Crippen LogP contribution in [0.4, 0.5) is 4.39 Å². The molecule has 0 bridgehead atoms. The summed E-state index contributed by atoms with van der Waals surface area (Å²) >= 11 is 0. The summed E-state index contributed by atoms with van der Waals surface area (Å²) in [4.78, 5) is 11.7. The van der Waals surface area contributed by atoms with Crippen molar-refractivity contribution in [2.24, 2.45) is 0 Å². The van der Waals surface area contributed by atoms with Crippen LogP contribution in [0.2, 0.25) is 0 Å². The van der Waals surface area contributed by atoms with Crippen LogP contribution in [-0.4, -0.2) is 18.6 Å². The first kappa shape index (κ1) is 14.1. The first-order valence-electron chi connectivity index (χ1n) is 6.34. The Morgan fingerprint density at radius 3 is 2.85 bits per heavy atom. The van der Waals surface area contributed by atoms with Gasteiger partial charge in [-0.25, -0.2) is 4.39 Å². The molecule has 2 aromatic rings. The summed E-state index contributed by atoms with van der Waals surface area (Å²) < 4.78 is 23.6. The van der Waals surface area contributed by atoms with E-state index >= 15 is 0 Å². The fourth-order valence-electron chi connectivity index (χ4n) is 1.80. The number of nitrogens with one attached hydrogen (secondary N) is 1. The first-order valence-corrected chi connectivity index (χ1v) is 6.34. The molecule has 0 spiro atoms. The monoisotopic (exact) mass is 277 g/mol. The molecule has 1 N–H and O–H groups in total. The summed E-state index contributed by atoms with van der Waals surface area (Å²) in [5.74, 6) is 0.0883. The van der Waals surface area contributed by atoms with E-state index in [0.717, 1.165) is 5.76 Å².